The van der Waals surface area contributed by atoms with Crippen molar-refractivity contribution >= 4 is 11.8 Å². The van der Waals surface area contributed by atoms with Crippen molar-refractivity contribution in [2.45, 2.75) is 19.6 Å². The van der Waals surface area contributed by atoms with Gasteiger partial charge in [-0.05, 0) is 17.7 Å². The smallest absolute Gasteiger partial charge is 0.325 e. The second-order valence-electron chi connectivity index (χ2n) is 5.61. The normalized spacial score (nSPS) is 12.6. The maximum atomic E-state index is 12.8. The van der Waals surface area contributed by atoms with E-state index in [2.05, 4.69) is 21.9 Å². The van der Waals surface area contributed by atoms with Gasteiger partial charge in [0.15, 0.2) is 0 Å². The molecule has 3 N–H and O–H groups in total. The van der Waals surface area contributed by atoms with E-state index in [4.69, 9.17) is 0 Å². The van der Waals surface area contributed by atoms with E-state index in [-0.39, 0.29) is 31.4 Å². The van der Waals surface area contributed by atoms with Gasteiger partial charge in [0.2, 0.25) is 5.91 Å². The Kier molecular flexibility index (Phi) is 4.34. The van der Waals surface area contributed by atoms with Gasteiger partial charge in [0, 0.05) is 17.8 Å². The first-order valence-corrected chi connectivity index (χ1v) is 7.61. The topological polar surface area (TPSA) is 115 Å². The molecule has 1 aromatic carbocycles. The molecule has 0 saturated carbocycles. The molecule has 0 saturated heterocycles. The average Bonchev–Trinajstić information content (AvgIpc) is 3.03. The number of aromatic nitrogens is 2. The lowest BCUT2D eigenvalue weighted by molar-refractivity contribution is -0.116. The summed E-state index contributed by atoms with van der Waals surface area (Å²) < 4.78 is 0. The number of amides is 2. The standard InChI is InChI=1S/C17H16N4O4/c1-2-14(22)18-7-10-5-3-4-6-11(10)16(24)21-8-12-13(9-21)19-17(25)20-15(12)23/h2-6H,1,7-9H2,(H,18,22)(H2,19,20,23,25). The lowest BCUT2D eigenvalue weighted by atomic mass is 10.1. The molecule has 0 bridgehead atoms. The van der Waals surface area contributed by atoms with Gasteiger partial charge < -0.3 is 15.2 Å². The molecule has 0 radical (unpaired) electrons. The second kappa shape index (κ2) is 6.60. The fourth-order valence-corrected chi connectivity index (χ4v) is 2.75. The first-order valence-electron chi connectivity index (χ1n) is 7.61. The Morgan fingerprint density at radius 1 is 1.20 bits per heavy atom. The Morgan fingerprint density at radius 2 is 1.96 bits per heavy atom. The monoisotopic (exact) mass is 340 g/mol. The molecule has 8 heteroatoms. The third-order valence-corrected chi connectivity index (χ3v) is 4.00. The van der Waals surface area contributed by atoms with Gasteiger partial charge in [-0.2, -0.15) is 0 Å². The van der Waals surface area contributed by atoms with Gasteiger partial charge in [-0.15, -0.1) is 0 Å². The summed E-state index contributed by atoms with van der Waals surface area (Å²) >= 11 is 0. The Hall–Kier alpha value is -3.42. The summed E-state index contributed by atoms with van der Waals surface area (Å²) in [7, 11) is 0. The fraction of sp³-hybridized carbons (Fsp3) is 0.176. The average molecular weight is 340 g/mol. The minimum absolute atomic E-state index is 0.119. The molecule has 1 aliphatic rings. The van der Waals surface area contributed by atoms with E-state index in [1.165, 1.54) is 4.90 Å². The van der Waals surface area contributed by atoms with E-state index in [9.17, 15) is 19.2 Å². The van der Waals surface area contributed by atoms with Crippen molar-refractivity contribution < 1.29 is 9.59 Å². The van der Waals surface area contributed by atoms with Crippen molar-refractivity contribution in [3.8, 4) is 0 Å². The zero-order chi connectivity index (χ0) is 18.0. The highest BCUT2D eigenvalue weighted by atomic mass is 16.2. The van der Waals surface area contributed by atoms with Crippen LogP contribution in [-0.4, -0.2) is 26.7 Å². The summed E-state index contributed by atoms with van der Waals surface area (Å²) in [6.07, 6.45) is 1.16. The Labute approximate surface area is 142 Å². The van der Waals surface area contributed by atoms with Crippen LogP contribution < -0.4 is 16.6 Å². The third-order valence-electron chi connectivity index (χ3n) is 4.00. The van der Waals surface area contributed by atoms with Crippen molar-refractivity contribution in [2.75, 3.05) is 0 Å². The van der Waals surface area contributed by atoms with Gasteiger partial charge in [0.05, 0.1) is 18.7 Å². The number of fused-ring (bicyclic) bond motifs is 1. The zero-order valence-electron chi connectivity index (χ0n) is 13.3. The number of benzene rings is 1. The highest BCUT2D eigenvalue weighted by Gasteiger charge is 2.28. The lowest BCUT2D eigenvalue weighted by Crippen LogP contribution is -2.29. The van der Waals surface area contributed by atoms with Crippen LogP contribution in [0.1, 0.15) is 27.2 Å². The number of aromatic amines is 2. The van der Waals surface area contributed by atoms with Crippen LogP contribution >= 0.6 is 0 Å². The van der Waals surface area contributed by atoms with E-state index < -0.39 is 11.2 Å². The van der Waals surface area contributed by atoms with E-state index in [0.29, 0.717) is 22.4 Å². The number of rotatable bonds is 4. The number of hydrogen-bond donors (Lipinski definition) is 3. The number of nitrogens with zero attached hydrogens (tertiary/aromatic N) is 1. The van der Waals surface area contributed by atoms with E-state index in [1.54, 1.807) is 24.3 Å². The van der Waals surface area contributed by atoms with Gasteiger partial charge in [0.1, 0.15) is 0 Å². The number of nitrogens with one attached hydrogen (secondary N) is 3. The minimum atomic E-state index is -0.592. The summed E-state index contributed by atoms with van der Waals surface area (Å²) in [6.45, 7) is 3.84. The maximum Gasteiger partial charge on any atom is 0.325 e. The van der Waals surface area contributed by atoms with Crippen LogP contribution in [0.25, 0.3) is 0 Å². The highest BCUT2D eigenvalue weighted by molar-refractivity contribution is 5.96. The predicted molar refractivity (Wildman–Crippen MR) is 89.7 cm³/mol. The molecule has 0 atom stereocenters. The third kappa shape index (κ3) is 3.27. The Balaban J connectivity index is 1.84. The molecular weight excluding hydrogens is 324 g/mol. The minimum Gasteiger partial charge on any atom is -0.348 e. The van der Waals surface area contributed by atoms with Crippen LogP contribution in [0.4, 0.5) is 0 Å². The molecule has 128 valence electrons. The molecule has 8 nitrogen and oxygen atoms in total. The molecule has 3 rings (SSSR count). The lowest BCUT2D eigenvalue weighted by Gasteiger charge is -2.17. The van der Waals surface area contributed by atoms with Crippen LogP contribution in [0.3, 0.4) is 0 Å². The number of carbonyl (C=O) groups is 2. The Bertz CT molecular complexity index is 973. The number of hydrogen-bond acceptors (Lipinski definition) is 4. The Morgan fingerprint density at radius 3 is 2.72 bits per heavy atom. The van der Waals surface area contributed by atoms with E-state index >= 15 is 0 Å². The van der Waals surface area contributed by atoms with Crippen LogP contribution in [0.15, 0.2) is 46.5 Å². The van der Waals surface area contributed by atoms with Crippen molar-refractivity contribution in [1.82, 2.24) is 20.2 Å². The molecule has 0 spiro atoms. The molecule has 2 aromatic rings. The van der Waals surface area contributed by atoms with Gasteiger partial charge >= 0.3 is 5.69 Å². The second-order valence-corrected chi connectivity index (χ2v) is 5.61. The number of carbonyl (C=O) groups excluding carboxylic acids is 2. The van der Waals surface area contributed by atoms with Crippen LogP contribution in [0.5, 0.6) is 0 Å². The summed E-state index contributed by atoms with van der Waals surface area (Å²) in [4.78, 5) is 53.6. The molecule has 0 unspecified atom stereocenters. The quantitative estimate of drug-likeness (QED) is 0.681. The van der Waals surface area contributed by atoms with Crippen molar-refractivity contribution in [1.29, 1.82) is 0 Å². The molecule has 0 aliphatic carbocycles. The van der Waals surface area contributed by atoms with Crippen LogP contribution in [0.2, 0.25) is 0 Å². The first kappa shape index (κ1) is 16.4. The molecule has 0 fully saturated rings. The largest absolute Gasteiger partial charge is 0.348 e. The summed E-state index contributed by atoms with van der Waals surface area (Å²) in [5.41, 5.74) is 0.829. The maximum absolute atomic E-state index is 12.8. The molecule has 2 heterocycles. The van der Waals surface area contributed by atoms with Gasteiger partial charge in [-0.1, -0.05) is 24.8 Å². The molecule has 1 aromatic heterocycles. The van der Waals surface area contributed by atoms with Crippen molar-refractivity contribution in [2.24, 2.45) is 0 Å². The van der Waals surface area contributed by atoms with Gasteiger partial charge in [-0.25, -0.2) is 4.79 Å². The summed E-state index contributed by atoms with van der Waals surface area (Å²) in [5.74, 6) is -0.611. The van der Waals surface area contributed by atoms with Crippen molar-refractivity contribution in [3.63, 3.8) is 0 Å². The van der Waals surface area contributed by atoms with Crippen molar-refractivity contribution in [3.05, 3.63) is 80.1 Å². The van der Waals surface area contributed by atoms with Crippen LogP contribution in [-0.2, 0) is 24.4 Å². The van der Waals surface area contributed by atoms with Gasteiger partial charge in [-0.3, -0.25) is 19.4 Å². The highest BCUT2D eigenvalue weighted by Crippen LogP contribution is 2.20. The molecule has 2 amide bonds. The summed E-state index contributed by atoms with van der Waals surface area (Å²) in [6, 6.07) is 6.90. The fourth-order valence-electron chi connectivity index (χ4n) is 2.75. The predicted octanol–water partition coefficient (Wildman–Crippen LogP) is 0.0214. The summed E-state index contributed by atoms with van der Waals surface area (Å²) in [5, 5.41) is 2.64. The van der Waals surface area contributed by atoms with Gasteiger partial charge in [0.25, 0.3) is 11.5 Å². The molecular formula is C17H16N4O4. The zero-order valence-corrected chi connectivity index (χ0v) is 13.3. The van der Waals surface area contributed by atoms with Crippen LogP contribution in [0, 0.1) is 0 Å². The van der Waals surface area contributed by atoms with E-state index in [1.807, 2.05) is 0 Å². The molecule has 1 aliphatic heterocycles. The van der Waals surface area contributed by atoms with E-state index in [0.717, 1.165) is 6.08 Å². The SMILES string of the molecule is C=CC(=O)NCc1ccccc1C(=O)N1Cc2[nH]c(=O)[nH]c(=O)c2C1. The number of H-pyrrole nitrogens is 2. The molecule has 25 heavy (non-hydrogen) atoms. The first-order chi connectivity index (χ1) is 12.0.